The first kappa shape index (κ1) is 10.4. The largest absolute Gasteiger partial charge is 0.483 e. The van der Waals surface area contributed by atoms with E-state index in [0.717, 1.165) is 17.1 Å². The van der Waals surface area contributed by atoms with Crippen molar-refractivity contribution in [3.8, 4) is 5.75 Å². The van der Waals surface area contributed by atoms with Crippen molar-refractivity contribution in [1.29, 1.82) is 0 Å². The molecule has 0 radical (unpaired) electrons. The van der Waals surface area contributed by atoms with Crippen molar-refractivity contribution in [1.82, 2.24) is 0 Å². The summed E-state index contributed by atoms with van der Waals surface area (Å²) in [6.07, 6.45) is 9.16. The Morgan fingerprint density at radius 2 is 2.20 bits per heavy atom. The molecule has 0 bridgehead atoms. The first-order chi connectivity index (χ1) is 7.18. The van der Waals surface area contributed by atoms with Gasteiger partial charge in [0.1, 0.15) is 11.4 Å². The molecule has 0 aromatic heterocycles. The van der Waals surface area contributed by atoms with Gasteiger partial charge in [0.25, 0.3) is 0 Å². The fraction of sp³-hybridized carbons (Fsp3) is 0.231. The number of thiol groups is 1. The highest BCUT2D eigenvalue weighted by atomic mass is 32.1. The first-order valence-electron chi connectivity index (χ1n) is 5.00. The molecule has 1 atom stereocenters. The van der Waals surface area contributed by atoms with Crippen LogP contribution in [0, 0.1) is 0 Å². The number of allylic oxidation sites excluding steroid dienone is 2. The van der Waals surface area contributed by atoms with Crippen molar-refractivity contribution < 1.29 is 4.74 Å². The Morgan fingerprint density at radius 3 is 2.87 bits per heavy atom. The van der Waals surface area contributed by atoms with Gasteiger partial charge in [-0.3, -0.25) is 0 Å². The molecule has 1 aromatic rings. The lowest BCUT2D eigenvalue weighted by Gasteiger charge is -2.28. The van der Waals surface area contributed by atoms with Gasteiger partial charge in [0.15, 0.2) is 0 Å². The van der Waals surface area contributed by atoms with Crippen molar-refractivity contribution in [2.75, 3.05) is 0 Å². The molecular weight excluding hydrogens is 204 g/mol. The van der Waals surface area contributed by atoms with Crippen LogP contribution in [0.2, 0.25) is 0 Å². The molecule has 1 unspecified atom stereocenters. The number of benzene rings is 1. The van der Waals surface area contributed by atoms with Crippen LogP contribution in [-0.4, -0.2) is 5.60 Å². The zero-order chi connectivity index (χ0) is 10.7. The SMILES string of the molecule is CC1(Oc2cccc(S)c2)C=CC=CC1. The molecule has 1 aliphatic rings. The molecule has 0 saturated carbocycles. The van der Waals surface area contributed by atoms with E-state index in [1.807, 2.05) is 36.4 Å². The van der Waals surface area contributed by atoms with E-state index < -0.39 is 0 Å². The zero-order valence-corrected chi connectivity index (χ0v) is 9.58. The molecule has 0 saturated heterocycles. The third-order valence-corrected chi connectivity index (χ3v) is 2.67. The summed E-state index contributed by atoms with van der Waals surface area (Å²) in [7, 11) is 0. The Kier molecular flexibility index (Phi) is 2.87. The number of hydrogen-bond donors (Lipinski definition) is 1. The van der Waals surface area contributed by atoms with E-state index in [9.17, 15) is 0 Å². The maximum atomic E-state index is 5.94. The van der Waals surface area contributed by atoms with Crippen LogP contribution in [0.3, 0.4) is 0 Å². The molecule has 2 rings (SSSR count). The van der Waals surface area contributed by atoms with E-state index in [1.54, 1.807) is 0 Å². The molecule has 78 valence electrons. The fourth-order valence-electron chi connectivity index (χ4n) is 1.60. The molecule has 0 heterocycles. The molecule has 15 heavy (non-hydrogen) atoms. The summed E-state index contributed by atoms with van der Waals surface area (Å²) in [5.41, 5.74) is -0.226. The Morgan fingerprint density at radius 1 is 1.33 bits per heavy atom. The van der Waals surface area contributed by atoms with Gasteiger partial charge < -0.3 is 4.74 Å². The second-order valence-electron chi connectivity index (χ2n) is 3.90. The average Bonchev–Trinajstić information content (AvgIpc) is 2.18. The van der Waals surface area contributed by atoms with E-state index in [-0.39, 0.29) is 5.60 Å². The van der Waals surface area contributed by atoms with Gasteiger partial charge in [0, 0.05) is 11.3 Å². The molecule has 0 aliphatic heterocycles. The molecule has 2 heteroatoms. The highest BCUT2D eigenvalue weighted by molar-refractivity contribution is 7.80. The van der Waals surface area contributed by atoms with E-state index in [0.29, 0.717) is 0 Å². The lowest BCUT2D eigenvalue weighted by atomic mass is 9.97. The minimum atomic E-state index is -0.226. The third kappa shape index (κ3) is 2.66. The van der Waals surface area contributed by atoms with Crippen molar-refractivity contribution in [3.05, 3.63) is 48.6 Å². The maximum Gasteiger partial charge on any atom is 0.128 e. The minimum absolute atomic E-state index is 0.226. The lowest BCUT2D eigenvalue weighted by molar-refractivity contribution is 0.142. The Balaban J connectivity index is 2.15. The molecular formula is C13H14OS. The van der Waals surface area contributed by atoms with Gasteiger partial charge in [-0.15, -0.1) is 12.6 Å². The second-order valence-corrected chi connectivity index (χ2v) is 4.42. The summed E-state index contributed by atoms with van der Waals surface area (Å²) in [6, 6.07) is 7.77. The van der Waals surface area contributed by atoms with E-state index in [2.05, 4.69) is 31.7 Å². The van der Waals surface area contributed by atoms with Crippen LogP contribution in [0.4, 0.5) is 0 Å². The van der Waals surface area contributed by atoms with Gasteiger partial charge in [-0.2, -0.15) is 0 Å². The van der Waals surface area contributed by atoms with Crippen LogP contribution in [0.15, 0.2) is 53.5 Å². The van der Waals surface area contributed by atoms with Crippen molar-refractivity contribution in [3.63, 3.8) is 0 Å². The van der Waals surface area contributed by atoms with Gasteiger partial charge in [0.05, 0.1) is 0 Å². The zero-order valence-electron chi connectivity index (χ0n) is 8.68. The summed E-state index contributed by atoms with van der Waals surface area (Å²) < 4.78 is 5.94. The highest BCUT2D eigenvalue weighted by Gasteiger charge is 2.22. The molecule has 0 amide bonds. The highest BCUT2D eigenvalue weighted by Crippen LogP contribution is 2.26. The molecule has 1 aliphatic carbocycles. The summed E-state index contributed by atoms with van der Waals surface area (Å²) in [6.45, 7) is 2.08. The summed E-state index contributed by atoms with van der Waals surface area (Å²) in [4.78, 5) is 0.923. The van der Waals surface area contributed by atoms with Gasteiger partial charge in [-0.25, -0.2) is 0 Å². The van der Waals surface area contributed by atoms with Crippen molar-refractivity contribution >= 4 is 12.6 Å². The Labute approximate surface area is 95.9 Å². The Hall–Kier alpha value is -1.15. The second kappa shape index (κ2) is 4.15. The van der Waals surface area contributed by atoms with E-state index in [4.69, 9.17) is 4.74 Å². The van der Waals surface area contributed by atoms with Crippen LogP contribution in [0.1, 0.15) is 13.3 Å². The number of hydrogen-bond acceptors (Lipinski definition) is 2. The summed E-state index contributed by atoms with van der Waals surface area (Å²) in [5, 5.41) is 0. The van der Waals surface area contributed by atoms with Crippen molar-refractivity contribution in [2.24, 2.45) is 0 Å². The van der Waals surface area contributed by atoms with E-state index >= 15 is 0 Å². The van der Waals surface area contributed by atoms with E-state index in [1.165, 1.54) is 0 Å². The molecule has 0 fully saturated rings. The van der Waals surface area contributed by atoms with Crippen LogP contribution >= 0.6 is 12.6 Å². The minimum Gasteiger partial charge on any atom is -0.483 e. The number of rotatable bonds is 2. The summed E-state index contributed by atoms with van der Waals surface area (Å²) >= 11 is 4.29. The summed E-state index contributed by atoms with van der Waals surface area (Å²) in [5.74, 6) is 0.866. The van der Waals surface area contributed by atoms with Gasteiger partial charge in [-0.05, 0) is 31.2 Å². The van der Waals surface area contributed by atoms with Crippen LogP contribution in [0.25, 0.3) is 0 Å². The van der Waals surface area contributed by atoms with Crippen LogP contribution < -0.4 is 4.74 Å². The normalized spacial score (nSPS) is 24.1. The number of ether oxygens (including phenoxy) is 1. The van der Waals surface area contributed by atoms with Crippen molar-refractivity contribution in [2.45, 2.75) is 23.8 Å². The van der Waals surface area contributed by atoms with Gasteiger partial charge >= 0.3 is 0 Å². The smallest absolute Gasteiger partial charge is 0.128 e. The molecule has 1 aromatic carbocycles. The lowest BCUT2D eigenvalue weighted by Crippen LogP contribution is -2.30. The van der Waals surface area contributed by atoms with Crippen LogP contribution in [-0.2, 0) is 0 Å². The standard InChI is InChI=1S/C13H14OS/c1-13(8-3-2-4-9-13)14-11-6-5-7-12(15)10-11/h2-8,10,15H,9H2,1H3. The quantitative estimate of drug-likeness (QED) is 0.746. The topological polar surface area (TPSA) is 9.23 Å². The molecule has 0 spiro atoms. The van der Waals surface area contributed by atoms with Gasteiger partial charge in [0.2, 0.25) is 0 Å². The first-order valence-corrected chi connectivity index (χ1v) is 5.45. The molecule has 1 nitrogen and oxygen atoms in total. The third-order valence-electron chi connectivity index (χ3n) is 2.39. The average molecular weight is 218 g/mol. The predicted molar refractivity (Wildman–Crippen MR) is 65.6 cm³/mol. The predicted octanol–water partition coefficient (Wildman–Crippen LogP) is 3.63. The van der Waals surface area contributed by atoms with Gasteiger partial charge in [-0.1, -0.05) is 24.3 Å². The molecule has 0 N–H and O–H groups in total. The maximum absolute atomic E-state index is 5.94. The monoisotopic (exact) mass is 218 g/mol. The fourth-order valence-corrected chi connectivity index (χ4v) is 1.81. The van der Waals surface area contributed by atoms with Crippen LogP contribution in [0.5, 0.6) is 5.75 Å². The Bertz CT molecular complexity index is 409.